The number of carbonyl (C=O) groups is 7. The number of nitrogens with two attached hydrogens (primary N) is 2. The third-order valence-corrected chi connectivity index (χ3v) is 14.8. The molecule has 46 heteroatoms. The fourth-order valence-corrected chi connectivity index (χ4v) is 8.26. The summed E-state index contributed by atoms with van der Waals surface area (Å²) in [5, 5.41) is 60.0. The monoisotopic (exact) mass is 1820 g/mol. The summed E-state index contributed by atoms with van der Waals surface area (Å²) < 4.78 is 74.1. The van der Waals surface area contributed by atoms with Crippen LogP contribution in [0.25, 0.3) is 0 Å². The zero-order valence-corrected chi connectivity index (χ0v) is 70.9. The molecule has 9 aromatic rings. The number of nitrogen functional groups attached to an aromatic ring is 2. The van der Waals surface area contributed by atoms with Crippen LogP contribution in [-0.4, -0.2) is 142 Å². The molecular formula is C80H77BCl3N9O32S. The smallest absolute Gasteiger partial charge is 0.352 e. The van der Waals surface area contributed by atoms with Gasteiger partial charge in [-0.1, -0.05) is 6.92 Å². The Balaban J connectivity index is 0.000000503. The van der Waals surface area contributed by atoms with Gasteiger partial charge in [-0.15, -0.1) is 5.26 Å². The van der Waals surface area contributed by atoms with Crippen molar-refractivity contribution in [1.82, 2.24) is 0 Å². The van der Waals surface area contributed by atoms with Crippen LogP contribution in [0.15, 0.2) is 223 Å². The fourth-order valence-electron chi connectivity index (χ4n) is 8.21. The molecule has 0 amide bonds. The van der Waals surface area contributed by atoms with E-state index in [4.69, 9.17) is 83.0 Å². The number of hydrogen-bond donors (Lipinski definition) is 2. The van der Waals surface area contributed by atoms with Gasteiger partial charge in [-0.25, -0.2) is 33.0 Å². The number of esters is 6. The number of carbonyl (C=O) groups excluding carboxylic acids is 8. The van der Waals surface area contributed by atoms with E-state index in [1.807, 2.05) is 0 Å². The number of nitrogens with zero attached hydrogens (tertiary/aromatic N) is 7. The van der Waals surface area contributed by atoms with Crippen molar-refractivity contribution in [2.24, 2.45) is 4.99 Å². The van der Waals surface area contributed by atoms with E-state index < -0.39 is 111 Å². The molecule has 7 unspecified atom stereocenters. The van der Waals surface area contributed by atoms with Crippen LogP contribution in [0.5, 0.6) is 57.5 Å². The molecule has 7 atom stereocenters. The van der Waals surface area contributed by atoms with Gasteiger partial charge in [0.25, 0.3) is 45.9 Å². The third-order valence-electron chi connectivity index (χ3n) is 14.5. The number of hydrogen-bond acceptors (Lipinski definition) is 36. The Bertz CT molecular complexity index is 5080. The number of rotatable bonds is 29. The summed E-state index contributed by atoms with van der Waals surface area (Å²) in [6.45, 7) is 10.8. The SMILES string of the molecule is CC(Oc1ccc(N)cc1)C(=O)Oc1ccc(N)cc1.CC(Oc1ccc(OC#N)cc1)C(=O)Oc1ccc(N=C=O)cc1.CC(Oc1ccc([N+](=O)[O-])cc1)C(=O)Cl.CC(Oc1ccc([N+](=O)[O-])cc1)C(=O)Oc1ccc([N+](=O)[O-])cc1.COC(=O)C(C)Oc1ccc([N+](=O)[O-])cc1.COC(=O)C(C)Oc1ccc([N+](=O)[O-])cc1.O=S(Cl)Cl.[B]C(C)C(=O)OC. The number of ether oxygens (including phenoxy) is 13. The number of non-ortho nitro benzene ring substituents is 5. The Kier molecular flexibility index (Phi) is 48.3. The molecule has 2 radical (unpaired) electrons. The van der Waals surface area contributed by atoms with Crippen molar-refractivity contribution < 1.29 is 129 Å². The van der Waals surface area contributed by atoms with Crippen molar-refractivity contribution >= 4 is 143 Å². The van der Waals surface area contributed by atoms with Crippen LogP contribution in [0.2, 0.25) is 5.82 Å². The Labute approximate surface area is 734 Å². The minimum Gasteiger partial charge on any atom is -0.482 e. The van der Waals surface area contributed by atoms with Gasteiger partial charge in [0.15, 0.2) is 36.6 Å². The summed E-state index contributed by atoms with van der Waals surface area (Å²) in [5.41, 5.74) is 12.5. The van der Waals surface area contributed by atoms with Gasteiger partial charge in [0.05, 0.1) is 59.5 Å². The van der Waals surface area contributed by atoms with Crippen LogP contribution in [0, 0.1) is 62.1 Å². The first-order chi connectivity index (χ1) is 59.5. The molecule has 0 aromatic heterocycles. The quantitative estimate of drug-likeness (QED) is 0.00376. The van der Waals surface area contributed by atoms with Crippen molar-refractivity contribution in [2.75, 3.05) is 32.8 Å². The number of isocyanates is 1. The lowest BCUT2D eigenvalue weighted by atomic mass is 9.90. The summed E-state index contributed by atoms with van der Waals surface area (Å²) in [4.78, 5) is 142. The predicted molar refractivity (Wildman–Crippen MR) is 453 cm³/mol. The molecule has 4 N–H and O–H groups in total. The van der Waals surface area contributed by atoms with Crippen LogP contribution in [0.4, 0.5) is 45.5 Å². The number of nitro benzene ring substituents is 5. The molecule has 0 saturated heterocycles. The normalized spacial score (nSPS) is 11.4. The van der Waals surface area contributed by atoms with Crippen molar-refractivity contribution in [2.45, 2.75) is 90.9 Å². The summed E-state index contributed by atoms with van der Waals surface area (Å²) >= 11 is 5.19. The lowest BCUT2D eigenvalue weighted by Gasteiger charge is -2.14. The standard InChI is InChI=1S/C17H12N2O5.C15H12N2O7.C15H16N2O3.2C10H11NO5.C9H8ClNO4.C4H7BO2.Cl2OS/c1-12(23-15-8-6-14(7-9-15)22-10-18)17(21)24-16-4-2-13(3-5-16)19-11-20;1-10(23-13-6-2-11(3-7-13)16(19)20)15(18)24-14-8-4-12(5-9-14)17(21)22;1-10(19-13-6-2-11(16)3-7-13)15(18)20-14-8-4-12(17)5-9-14;2*1-7(10(12)15-2)16-9-5-3-8(4-6-9)11(13)14;1-6(9(10)12)15-8-4-2-7(3-5-8)11(13)14;1-3(5)4(6)7-2;1-4(2)3/h2-9,12H,1H3;2-10H,1H3;2-10H,16-17H2,1H3;2*3-7H,1-2H3;2-6H,1H3;3H,1-2H3;. The van der Waals surface area contributed by atoms with Gasteiger partial charge in [0, 0.05) is 99.2 Å². The maximum absolute atomic E-state index is 12.0. The van der Waals surface area contributed by atoms with Crippen molar-refractivity contribution in [3.63, 3.8) is 0 Å². The molecule has 664 valence electrons. The summed E-state index contributed by atoms with van der Waals surface area (Å²) in [7, 11) is 16.3. The van der Waals surface area contributed by atoms with Gasteiger partial charge in [-0.2, -0.15) is 4.99 Å². The average molecular weight is 1830 g/mol. The number of anilines is 2. The van der Waals surface area contributed by atoms with Crippen molar-refractivity contribution in [1.29, 1.82) is 5.26 Å². The van der Waals surface area contributed by atoms with Gasteiger partial charge in [0.2, 0.25) is 15.3 Å². The highest BCUT2D eigenvalue weighted by atomic mass is 36.0. The number of nitriles is 1. The Morgan fingerprint density at radius 2 is 0.563 bits per heavy atom. The molecule has 9 aromatic carbocycles. The second kappa shape index (κ2) is 57.0. The van der Waals surface area contributed by atoms with Gasteiger partial charge >= 0.3 is 29.8 Å². The van der Waals surface area contributed by atoms with E-state index >= 15 is 0 Å². The molecule has 9 rings (SSSR count). The molecule has 0 heterocycles. The lowest BCUT2D eigenvalue weighted by Crippen LogP contribution is -2.28. The van der Waals surface area contributed by atoms with E-state index in [0.717, 1.165) is 0 Å². The first kappa shape index (κ1) is 107. The van der Waals surface area contributed by atoms with E-state index in [0.29, 0.717) is 63.1 Å². The Morgan fingerprint density at radius 1 is 0.365 bits per heavy atom. The second-order valence-electron chi connectivity index (χ2n) is 23.9. The molecule has 126 heavy (non-hydrogen) atoms. The molecule has 0 bridgehead atoms. The highest BCUT2D eigenvalue weighted by Gasteiger charge is 2.23. The Hall–Kier alpha value is -15.4. The average Bonchev–Trinajstić information content (AvgIpc) is 0.716. The number of methoxy groups -OCH3 is 3. The highest BCUT2D eigenvalue weighted by Crippen LogP contribution is 2.27. The molecule has 0 fully saturated rings. The topological polar surface area (TPSA) is 578 Å². The molecule has 0 aliphatic rings. The zero-order chi connectivity index (χ0) is 94.7. The first-order valence-corrected chi connectivity index (χ1v) is 38.6. The molecular weight excluding hydrogens is 1750 g/mol. The fraction of sp³-hybridized carbons (Fsp3) is 0.212. The van der Waals surface area contributed by atoms with Gasteiger partial charge in [0.1, 0.15) is 57.5 Å². The summed E-state index contributed by atoms with van der Waals surface area (Å²) in [6.07, 6.45) is -1.82. The van der Waals surface area contributed by atoms with Crippen LogP contribution in [-0.2, 0) is 61.8 Å². The van der Waals surface area contributed by atoms with E-state index in [9.17, 15) is 88.9 Å². The third kappa shape index (κ3) is 43.2. The summed E-state index contributed by atoms with van der Waals surface area (Å²) in [5.74, 6) is -0.0170. The molecule has 0 saturated carbocycles. The van der Waals surface area contributed by atoms with Crippen LogP contribution in [0.3, 0.4) is 0 Å². The van der Waals surface area contributed by atoms with Crippen LogP contribution < -0.4 is 58.8 Å². The second-order valence-corrected chi connectivity index (χ2v) is 26.8. The predicted octanol–water partition coefficient (Wildman–Crippen LogP) is 14.4. The summed E-state index contributed by atoms with van der Waals surface area (Å²) in [6, 6.07) is 52.3. The van der Waals surface area contributed by atoms with Gasteiger partial charge in [-0.05, 0) is 211 Å². The van der Waals surface area contributed by atoms with Crippen molar-refractivity contribution in [3.8, 4) is 63.8 Å². The number of nitro groups is 5. The van der Waals surface area contributed by atoms with Gasteiger partial charge in [-0.3, -0.25) is 60.2 Å². The minimum atomic E-state index is -1.67. The van der Waals surface area contributed by atoms with E-state index in [-0.39, 0.29) is 45.9 Å². The number of aliphatic imine (C=N–C) groups is 1. The molecule has 0 spiro atoms. The molecule has 41 nitrogen and oxygen atoms in total. The zero-order valence-electron chi connectivity index (χ0n) is 67.8. The number of benzene rings is 9. The van der Waals surface area contributed by atoms with Crippen molar-refractivity contribution in [3.05, 3.63) is 269 Å². The van der Waals surface area contributed by atoms with E-state index in [1.165, 1.54) is 201 Å². The number of halogens is 3. The molecule has 0 aliphatic heterocycles. The van der Waals surface area contributed by atoms with E-state index in [1.54, 1.807) is 99.8 Å². The Morgan fingerprint density at radius 3 is 0.770 bits per heavy atom. The van der Waals surface area contributed by atoms with Crippen LogP contribution in [0.1, 0.15) is 48.5 Å². The largest absolute Gasteiger partial charge is 0.482 e. The maximum Gasteiger partial charge on any atom is 0.352 e. The lowest BCUT2D eigenvalue weighted by molar-refractivity contribution is -0.385. The maximum atomic E-state index is 12.0. The van der Waals surface area contributed by atoms with Gasteiger partial charge < -0.3 is 73.0 Å². The highest BCUT2D eigenvalue weighted by molar-refractivity contribution is 8.26. The first-order valence-electron chi connectivity index (χ1n) is 35.4. The van der Waals surface area contributed by atoms with E-state index in [2.05, 4.69) is 45.3 Å². The molecule has 0 aliphatic carbocycles. The minimum absolute atomic E-state index is 0.0296. The van der Waals surface area contributed by atoms with Crippen LogP contribution >= 0.6 is 33.0 Å².